The Morgan fingerprint density at radius 1 is 1.12 bits per heavy atom. The Morgan fingerprint density at radius 3 is 2.52 bits per heavy atom. The second-order valence-electron chi connectivity index (χ2n) is 7.95. The van der Waals surface area contributed by atoms with Gasteiger partial charge in [0.1, 0.15) is 5.82 Å². The van der Waals surface area contributed by atoms with Crippen LogP contribution in [0.1, 0.15) is 56.1 Å². The molecule has 0 spiro atoms. The molecule has 0 unspecified atom stereocenters. The predicted molar refractivity (Wildman–Crippen MR) is 104 cm³/mol. The molecule has 25 heavy (non-hydrogen) atoms. The summed E-state index contributed by atoms with van der Waals surface area (Å²) in [5, 5.41) is 0. The minimum Gasteiger partial charge on any atom is -0.371 e. The van der Waals surface area contributed by atoms with Crippen molar-refractivity contribution in [1.29, 1.82) is 0 Å². The highest BCUT2D eigenvalue weighted by Crippen LogP contribution is 2.26. The first kappa shape index (κ1) is 18.4. The Bertz CT molecular complexity index is 569. The fraction of sp³-hybridized carbons (Fsp3) is 0.636. The standard InChI is InChI=1S/C22H33FN2/c1-18(25-13-5-6-14-25)21-10-9-20(17-22(21)23)8-4-3-7-19-11-15-24(2)16-12-19/h9-10,17,19H,1,3-8,11-16H2,2H3. The summed E-state index contributed by atoms with van der Waals surface area (Å²) < 4.78 is 14.5. The monoisotopic (exact) mass is 344 g/mol. The van der Waals surface area contributed by atoms with Crippen LogP contribution in [-0.4, -0.2) is 43.0 Å². The van der Waals surface area contributed by atoms with Gasteiger partial charge in [-0.15, -0.1) is 0 Å². The molecule has 0 N–H and O–H groups in total. The minimum absolute atomic E-state index is 0.107. The Morgan fingerprint density at radius 2 is 1.84 bits per heavy atom. The maximum absolute atomic E-state index is 14.5. The van der Waals surface area contributed by atoms with Crippen LogP contribution in [0.5, 0.6) is 0 Å². The van der Waals surface area contributed by atoms with Gasteiger partial charge >= 0.3 is 0 Å². The van der Waals surface area contributed by atoms with Crippen LogP contribution in [0.4, 0.5) is 4.39 Å². The molecule has 0 amide bonds. The summed E-state index contributed by atoms with van der Waals surface area (Å²) in [5.74, 6) is 0.795. The minimum atomic E-state index is -0.107. The summed E-state index contributed by atoms with van der Waals surface area (Å²) in [7, 11) is 2.22. The second-order valence-corrected chi connectivity index (χ2v) is 7.95. The number of piperidine rings is 1. The summed E-state index contributed by atoms with van der Waals surface area (Å²) >= 11 is 0. The lowest BCUT2D eigenvalue weighted by molar-refractivity contribution is 0.210. The summed E-state index contributed by atoms with van der Waals surface area (Å²) in [6, 6.07) is 5.75. The third-order valence-corrected chi connectivity index (χ3v) is 6.00. The SMILES string of the molecule is C=C(c1ccc(CCCCC2CCN(C)CC2)cc1F)N1CCCC1. The van der Waals surface area contributed by atoms with Gasteiger partial charge in [0, 0.05) is 24.4 Å². The highest BCUT2D eigenvalue weighted by atomic mass is 19.1. The average molecular weight is 345 g/mol. The van der Waals surface area contributed by atoms with E-state index in [0.717, 1.165) is 43.1 Å². The summed E-state index contributed by atoms with van der Waals surface area (Å²) in [5.41, 5.74) is 2.65. The van der Waals surface area contributed by atoms with Crippen LogP contribution in [0.15, 0.2) is 24.8 Å². The molecule has 138 valence electrons. The molecule has 0 atom stereocenters. The van der Waals surface area contributed by atoms with Crippen LogP contribution < -0.4 is 0 Å². The lowest BCUT2D eigenvalue weighted by Gasteiger charge is -2.28. The molecular weight excluding hydrogens is 311 g/mol. The van der Waals surface area contributed by atoms with E-state index >= 15 is 0 Å². The van der Waals surface area contributed by atoms with E-state index in [2.05, 4.69) is 29.5 Å². The zero-order valence-electron chi connectivity index (χ0n) is 15.8. The van der Waals surface area contributed by atoms with Crippen molar-refractivity contribution in [1.82, 2.24) is 9.80 Å². The number of halogens is 1. The van der Waals surface area contributed by atoms with Crippen LogP contribution in [0.2, 0.25) is 0 Å². The van der Waals surface area contributed by atoms with E-state index in [1.165, 1.54) is 51.6 Å². The lowest BCUT2D eigenvalue weighted by atomic mass is 9.91. The van der Waals surface area contributed by atoms with Gasteiger partial charge in [-0.25, -0.2) is 4.39 Å². The first-order valence-corrected chi connectivity index (χ1v) is 10.0. The Labute approximate surface area is 152 Å². The number of rotatable bonds is 7. The maximum atomic E-state index is 14.5. The van der Waals surface area contributed by atoms with Crippen molar-refractivity contribution in [2.45, 2.75) is 51.4 Å². The largest absolute Gasteiger partial charge is 0.371 e. The number of hydrogen-bond acceptors (Lipinski definition) is 2. The van der Waals surface area contributed by atoms with Gasteiger partial charge in [-0.3, -0.25) is 0 Å². The van der Waals surface area contributed by atoms with E-state index in [4.69, 9.17) is 0 Å². The number of benzene rings is 1. The summed E-state index contributed by atoms with van der Waals surface area (Å²) in [6.07, 6.45) is 9.82. The molecule has 0 radical (unpaired) electrons. The van der Waals surface area contributed by atoms with Crippen LogP contribution in [0, 0.1) is 11.7 Å². The van der Waals surface area contributed by atoms with Crippen LogP contribution >= 0.6 is 0 Å². The molecule has 0 saturated carbocycles. The third kappa shape index (κ3) is 5.07. The van der Waals surface area contributed by atoms with E-state index in [0.29, 0.717) is 5.56 Å². The average Bonchev–Trinajstić information content (AvgIpc) is 3.14. The number of aryl methyl sites for hydroxylation is 1. The molecule has 0 bridgehead atoms. The zero-order valence-corrected chi connectivity index (χ0v) is 15.8. The van der Waals surface area contributed by atoms with E-state index in [9.17, 15) is 4.39 Å². The molecular formula is C22H33FN2. The van der Waals surface area contributed by atoms with Crippen LogP contribution in [0.25, 0.3) is 5.70 Å². The molecule has 2 aliphatic heterocycles. The third-order valence-electron chi connectivity index (χ3n) is 6.00. The molecule has 1 aromatic rings. The Hall–Kier alpha value is -1.35. The maximum Gasteiger partial charge on any atom is 0.132 e. The fourth-order valence-corrected chi connectivity index (χ4v) is 4.22. The first-order chi connectivity index (χ1) is 12.1. The molecule has 3 rings (SSSR count). The van der Waals surface area contributed by atoms with Gasteiger partial charge in [-0.2, -0.15) is 0 Å². The highest BCUT2D eigenvalue weighted by molar-refractivity contribution is 5.63. The molecule has 3 heteroatoms. The Kier molecular flexibility index (Phi) is 6.52. The summed E-state index contributed by atoms with van der Waals surface area (Å²) in [6.45, 7) is 8.63. The van der Waals surface area contributed by atoms with E-state index < -0.39 is 0 Å². The van der Waals surface area contributed by atoms with Crippen molar-refractivity contribution in [3.05, 3.63) is 41.7 Å². The number of hydrogen-bond donors (Lipinski definition) is 0. The molecule has 2 aliphatic rings. The normalized spacial score (nSPS) is 19.5. The predicted octanol–water partition coefficient (Wildman–Crippen LogP) is 4.95. The van der Waals surface area contributed by atoms with Gasteiger partial charge < -0.3 is 9.80 Å². The zero-order chi connectivity index (χ0) is 17.6. The van der Waals surface area contributed by atoms with Gasteiger partial charge in [0.15, 0.2) is 0 Å². The van der Waals surface area contributed by atoms with Gasteiger partial charge in [-0.1, -0.05) is 25.5 Å². The van der Waals surface area contributed by atoms with Crippen molar-refractivity contribution >= 4 is 5.70 Å². The van der Waals surface area contributed by atoms with Gasteiger partial charge in [0.25, 0.3) is 0 Å². The number of nitrogens with zero attached hydrogens (tertiary/aromatic N) is 2. The molecule has 2 saturated heterocycles. The number of unbranched alkanes of at least 4 members (excludes halogenated alkanes) is 1. The first-order valence-electron chi connectivity index (χ1n) is 10.0. The highest BCUT2D eigenvalue weighted by Gasteiger charge is 2.18. The molecule has 1 aromatic carbocycles. The van der Waals surface area contributed by atoms with Crippen molar-refractivity contribution in [2.24, 2.45) is 5.92 Å². The van der Waals surface area contributed by atoms with Gasteiger partial charge in [-0.05, 0) is 82.3 Å². The lowest BCUT2D eigenvalue weighted by Crippen LogP contribution is -2.30. The quantitative estimate of drug-likeness (QED) is 0.646. The molecule has 0 aromatic heterocycles. The van der Waals surface area contributed by atoms with Crippen molar-refractivity contribution in [3.8, 4) is 0 Å². The van der Waals surface area contributed by atoms with E-state index in [1.54, 1.807) is 6.07 Å². The fourth-order valence-electron chi connectivity index (χ4n) is 4.22. The van der Waals surface area contributed by atoms with Crippen molar-refractivity contribution in [2.75, 3.05) is 33.2 Å². The van der Waals surface area contributed by atoms with Crippen LogP contribution in [-0.2, 0) is 6.42 Å². The number of likely N-dealkylation sites (tertiary alicyclic amines) is 2. The van der Waals surface area contributed by atoms with Gasteiger partial charge in [0.05, 0.1) is 0 Å². The van der Waals surface area contributed by atoms with E-state index in [-0.39, 0.29) is 5.82 Å². The van der Waals surface area contributed by atoms with E-state index in [1.807, 2.05) is 6.07 Å². The van der Waals surface area contributed by atoms with Crippen molar-refractivity contribution in [3.63, 3.8) is 0 Å². The summed E-state index contributed by atoms with van der Waals surface area (Å²) in [4.78, 5) is 4.64. The molecule has 2 nitrogen and oxygen atoms in total. The van der Waals surface area contributed by atoms with Crippen LogP contribution in [0.3, 0.4) is 0 Å². The topological polar surface area (TPSA) is 6.48 Å². The smallest absolute Gasteiger partial charge is 0.132 e. The van der Waals surface area contributed by atoms with Gasteiger partial charge in [0.2, 0.25) is 0 Å². The Balaban J connectivity index is 1.44. The molecule has 2 heterocycles. The second kappa shape index (κ2) is 8.84. The van der Waals surface area contributed by atoms with Crippen molar-refractivity contribution < 1.29 is 4.39 Å². The molecule has 0 aliphatic carbocycles. The molecule has 2 fully saturated rings.